The molecule has 0 rings (SSSR count). The number of carbonyl (C=O) groups excluding carboxylic acids is 1. The maximum Gasteiger partial charge on any atom is 0.333 e. The molecule has 1 atom stereocenters. The molecular weight excluding hydrogens is 238 g/mol. The van der Waals surface area contributed by atoms with Crippen molar-refractivity contribution in [1.82, 2.24) is 0 Å². The fourth-order valence-electron chi connectivity index (χ4n) is 0.387. The molecular formula is C6H11MnO5P. The molecule has 5 nitrogen and oxygen atoms in total. The van der Waals surface area contributed by atoms with E-state index in [0.29, 0.717) is 0 Å². The van der Waals surface area contributed by atoms with Crippen LogP contribution in [-0.2, 0) is 35.7 Å². The van der Waals surface area contributed by atoms with E-state index in [4.69, 9.17) is 4.89 Å². The SMILES string of the molecule is C=C(C)C(=O)OCCO[PH](=O)O.[Mn]. The maximum atomic E-state index is 10.7. The van der Waals surface area contributed by atoms with Crippen molar-refractivity contribution < 1.29 is 40.6 Å². The molecule has 0 aliphatic rings. The summed E-state index contributed by atoms with van der Waals surface area (Å²) in [5, 5.41) is 0. The quantitative estimate of drug-likeness (QED) is 0.252. The Morgan fingerprint density at radius 3 is 2.46 bits per heavy atom. The van der Waals surface area contributed by atoms with Gasteiger partial charge in [-0.1, -0.05) is 6.58 Å². The van der Waals surface area contributed by atoms with Crippen molar-refractivity contribution >= 4 is 14.2 Å². The molecule has 0 bridgehead atoms. The van der Waals surface area contributed by atoms with Crippen LogP contribution < -0.4 is 0 Å². The minimum Gasteiger partial charge on any atom is -0.460 e. The first-order chi connectivity index (χ1) is 5.54. The Morgan fingerprint density at radius 2 is 2.08 bits per heavy atom. The Kier molecular flexibility index (Phi) is 10.0. The van der Waals surface area contributed by atoms with Crippen LogP contribution in [0.5, 0.6) is 0 Å². The third kappa shape index (κ3) is 9.80. The molecule has 13 heavy (non-hydrogen) atoms. The average molecular weight is 249 g/mol. The second-order valence-electron chi connectivity index (χ2n) is 2.03. The zero-order valence-electron chi connectivity index (χ0n) is 7.08. The van der Waals surface area contributed by atoms with E-state index in [1.165, 1.54) is 6.92 Å². The van der Waals surface area contributed by atoms with Gasteiger partial charge in [-0.3, -0.25) is 4.57 Å². The number of esters is 1. The first kappa shape index (κ1) is 15.4. The third-order valence-electron chi connectivity index (χ3n) is 0.890. The summed E-state index contributed by atoms with van der Waals surface area (Å²) in [4.78, 5) is 18.9. The molecule has 1 radical (unpaired) electrons. The summed E-state index contributed by atoms with van der Waals surface area (Å²) in [7, 11) is -2.92. The summed E-state index contributed by atoms with van der Waals surface area (Å²) in [5.74, 6) is -0.531. The monoisotopic (exact) mass is 249 g/mol. The maximum absolute atomic E-state index is 10.7. The van der Waals surface area contributed by atoms with E-state index >= 15 is 0 Å². The van der Waals surface area contributed by atoms with Gasteiger partial charge in [-0.2, -0.15) is 0 Å². The van der Waals surface area contributed by atoms with Crippen LogP contribution >= 0.6 is 8.25 Å². The Morgan fingerprint density at radius 1 is 1.54 bits per heavy atom. The molecule has 0 aliphatic carbocycles. The summed E-state index contributed by atoms with van der Waals surface area (Å²) in [6, 6.07) is 0. The molecule has 0 aliphatic heterocycles. The normalized spacial score (nSPS) is 11.2. The van der Waals surface area contributed by atoms with Crippen molar-refractivity contribution in [2.45, 2.75) is 6.92 Å². The van der Waals surface area contributed by atoms with E-state index in [1.54, 1.807) is 0 Å². The predicted molar refractivity (Wildman–Crippen MR) is 42.9 cm³/mol. The van der Waals surface area contributed by atoms with Crippen LogP contribution in [0.2, 0.25) is 0 Å². The minimum absolute atomic E-state index is 0. The van der Waals surface area contributed by atoms with Gasteiger partial charge in [-0.25, -0.2) is 4.79 Å². The summed E-state index contributed by atoms with van der Waals surface area (Å²) in [5.41, 5.74) is 0.284. The average Bonchev–Trinajstić information content (AvgIpc) is 1.97. The summed E-state index contributed by atoms with van der Waals surface area (Å²) >= 11 is 0. The van der Waals surface area contributed by atoms with Gasteiger partial charge >= 0.3 is 14.2 Å². The first-order valence-electron chi connectivity index (χ1n) is 3.22. The zero-order valence-corrected chi connectivity index (χ0v) is 9.26. The van der Waals surface area contributed by atoms with Crippen molar-refractivity contribution in [2.24, 2.45) is 0 Å². The van der Waals surface area contributed by atoms with Gasteiger partial charge in [0.15, 0.2) is 0 Å². The van der Waals surface area contributed by atoms with Crippen molar-refractivity contribution in [2.75, 3.05) is 13.2 Å². The fraction of sp³-hybridized carbons (Fsp3) is 0.500. The summed E-state index contributed by atoms with van der Waals surface area (Å²) in [6.07, 6.45) is 0. The van der Waals surface area contributed by atoms with E-state index in [2.05, 4.69) is 15.8 Å². The third-order valence-corrected chi connectivity index (χ3v) is 1.34. The number of carbonyl (C=O) groups is 1. The van der Waals surface area contributed by atoms with Crippen molar-refractivity contribution in [1.29, 1.82) is 0 Å². The molecule has 0 amide bonds. The van der Waals surface area contributed by atoms with Crippen LogP contribution in [0.25, 0.3) is 0 Å². The van der Waals surface area contributed by atoms with Crippen LogP contribution in [0, 0.1) is 0 Å². The Balaban J connectivity index is 0. The largest absolute Gasteiger partial charge is 0.460 e. The Labute approximate surface area is 87.5 Å². The first-order valence-corrected chi connectivity index (χ1v) is 4.48. The Bertz CT molecular complexity index is 205. The van der Waals surface area contributed by atoms with Crippen LogP contribution in [-0.4, -0.2) is 24.1 Å². The summed E-state index contributed by atoms with van der Waals surface area (Å²) < 4.78 is 18.8. The smallest absolute Gasteiger partial charge is 0.333 e. The van der Waals surface area contributed by atoms with Crippen LogP contribution in [0.15, 0.2) is 12.2 Å². The number of rotatable bonds is 5. The van der Waals surface area contributed by atoms with E-state index in [1.807, 2.05) is 0 Å². The molecule has 7 heteroatoms. The second-order valence-corrected chi connectivity index (χ2v) is 2.85. The van der Waals surface area contributed by atoms with Crippen molar-refractivity contribution in [3.05, 3.63) is 12.2 Å². The molecule has 0 aromatic carbocycles. The van der Waals surface area contributed by atoms with Gasteiger partial charge in [-0.15, -0.1) is 0 Å². The molecule has 0 saturated carbocycles. The van der Waals surface area contributed by atoms with Crippen LogP contribution in [0.1, 0.15) is 6.92 Å². The molecule has 0 spiro atoms. The van der Waals surface area contributed by atoms with Crippen molar-refractivity contribution in [3.8, 4) is 0 Å². The number of hydrogen-bond acceptors (Lipinski definition) is 4. The molecule has 0 saturated heterocycles. The molecule has 77 valence electrons. The van der Waals surface area contributed by atoms with Crippen LogP contribution in [0.3, 0.4) is 0 Å². The standard InChI is InChI=1S/C6H11O5P.Mn/c1-5(2)6(7)10-3-4-11-12(8)9;/h12H,1,3-4H2,2H3,(H,8,9);. The van der Waals surface area contributed by atoms with Gasteiger partial charge in [0.25, 0.3) is 0 Å². The molecule has 0 aromatic heterocycles. The van der Waals surface area contributed by atoms with Gasteiger partial charge < -0.3 is 14.2 Å². The minimum atomic E-state index is -2.92. The van der Waals surface area contributed by atoms with Gasteiger partial charge in [0.1, 0.15) is 6.61 Å². The van der Waals surface area contributed by atoms with E-state index in [-0.39, 0.29) is 35.9 Å². The van der Waals surface area contributed by atoms with E-state index in [0.717, 1.165) is 0 Å². The van der Waals surface area contributed by atoms with Gasteiger partial charge in [-0.05, 0) is 6.92 Å². The molecule has 0 aromatic rings. The predicted octanol–water partition coefficient (Wildman–Crippen LogP) is 0.502. The van der Waals surface area contributed by atoms with Gasteiger partial charge in [0.05, 0.1) is 6.61 Å². The topological polar surface area (TPSA) is 72.8 Å². The van der Waals surface area contributed by atoms with E-state index < -0.39 is 14.2 Å². The van der Waals surface area contributed by atoms with E-state index in [9.17, 15) is 9.36 Å². The van der Waals surface area contributed by atoms with Crippen molar-refractivity contribution in [3.63, 3.8) is 0 Å². The fourth-order valence-corrected chi connectivity index (χ4v) is 0.644. The second kappa shape index (κ2) is 8.48. The van der Waals surface area contributed by atoms with Crippen LogP contribution in [0.4, 0.5) is 0 Å². The summed E-state index contributed by atoms with van der Waals surface area (Å²) in [6.45, 7) is 4.75. The Hall–Kier alpha value is -0.121. The number of ether oxygens (including phenoxy) is 1. The van der Waals surface area contributed by atoms with Gasteiger partial charge in [0, 0.05) is 22.6 Å². The zero-order chi connectivity index (χ0) is 9.56. The molecule has 1 N–H and O–H groups in total. The van der Waals surface area contributed by atoms with Gasteiger partial charge in [0.2, 0.25) is 0 Å². The number of hydrogen-bond donors (Lipinski definition) is 1. The molecule has 1 unspecified atom stereocenters. The molecule has 0 fully saturated rings. The molecule has 0 heterocycles.